The molecule has 1 aliphatic rings. The van der Waals surface area contributed by atoms with Gasteiger partial charge in [0.25, 0.3) is 0 Å². The van der Waals surface area contributed by atoms with Crippen LogP contribution in [0.25, 0.3) is 0 Å². The maximum atomic E-state index is 11.2. The van der Waals surface area contributed by atoms with Crippen LogP contribution in [0.3, 0.4) is 0 Å². The average molecular weight is 208 g/mol. The molecule has 80 valence electrons. The largest absolute Gasteiger partial charge is 0.300 e. The maximum absolute atomic E-state index is 11.2. The molecule has 1 saturated heterocycles. The number of hydrogen-bond acceptors (Lipinski definition) is 4. The lowest BCUT2D eigenvalue weighted by Gasteiger charge is -2.06. The first-order chi connectivity index (χ1) is 7.15. The molecule has 6 heteroatoms. The summed E-state index contributed by atoms with van der Waals surface area (Å²) in [6, 6.07) is 1.45. The van der Waals surface area contributed by atoms with Crippen LogP contribution in [0.1, 0.15) is 12.1 Å². The van der Waals surface area contributed by atoms with E-state index in [0.717, 1.165) is 5.69 Å². The van der Waals surface area contributed by atoms with Crippen molar-refractivity contribution in [1.29, 1.82) is 0 Å². The summed E-state index contributed by atoms with van der Waals surface area (Å²) in [5.41, 5.74) is 0.852. The lowest BCUT2D eigenvalue weighted by molar-refractivity contribution is -0.125. The molecule has 0 aliphatic carbocycles. The van der Waals surface area contributed by atoms with Crippen molar-refractivity contribution in [2.45, 2.75) is 19.0 Å². The van der Waals surface area contributed by atoms with Crippen molar-refractivity contribution in [3.8, 4) is 0 Å². The Kier molecular flexibility index (Phi) is 2.51. The Morgan fingerprint density at radius 3 is 3.00 bits per heavy atom. The summed E-state index contributed by atoms with van der Waals surface area (Å²) >= 11 is 0. The summed E-state index contributed by atoms with van der Waals surface area (Å²) in [6.45, 7) is 0.492. The number of rotatable bonds is 3. The lowest BCUT2D eigenvalue weighted by Crippen LogP contribution is -2.35. The predicted octanol–water partition coefficient (Wildman–Crippen LogP) is -1.08. The van der Waals surface area contributed by atoms with Crippen LogP contribution >= 0.6 is 0 Å². The third-order valence-corrected chi connectivity index (χ3v) is 2.27. The van der Waals surface area contributed by atoms with E-state index >= 15 is 0 Å². The number of amides is 2. The number of nitrogens with zero attached hydrogens (tertiary/aromatic N) is 2. The molecule has 0 aromatic carbocycles. The van der Waals surface area contributed by atoms with E-state index in [1.54, 1.807) is 4.68 Å². The van der Waals surface area contributed by atoms with Crippen molar-refractivity contribution in [2.75, 3.05) is 0 Å². The van der Waals surface area contributed by atoms with E-state index in [0.29, 0.717) is 6.54 Å². The average Bonchev–Trinajstić information content (AvgIpc) is 2.70. The summed E-state index contributed by atoms with van der Waals surface area (Å²) in [6.07, 6.45) is 2.04. The van der Waals surface area contributed by atoms with Crippen molar-refractivity contribution >= 4 is 11.8 Å². The van der Waals surface area contributed by atoms with Gasteiger partial charge in [0.05, 0.1) is 18.2 Å². The Morgan fingerprint density at radius 2 is 2.47 bits per heavy atom. The number of hydrogen-bond donors (Lipinski definition) is 2. The molecular formula is C9H12N4O2. The molecule has 2 rings (SSSR count). The number of nitrogens with one attached hydrogen (secondary N) is 2. The van der Waals surface area contributed by atoms with Crippen LogP contribution in [-0.4, -0.2) is 27.6 Å². The second-order valence-corrected chi connectivity index (χ2v) is 3.53. The molecule has 1 fully saturated rings. The second-order valence-electron chi connectivity index (χ2n) is 3.53. The van der Waals surface area contributed by atoms with Gasteiger partial charge < -0.3 is 0 Å². The highest BCUT2D eigenvalue weighted by Gasteiger charge is 2.29. The standard InChI is InChI=1S/C9H12N4O2/c1-13-3-2-6(12-13)5-10-7-4-8(14)11-9(7)15/h2-3,7,10H,4-5H2,1H3,(H,11,14,15). The fourth-order valence-corrected chi connectivity index (χ4v) is 1.50. The van der Waals surface area contributed by atoms with Crippen molar-refractivity contribution in [2.24, 2.45) is 7.05 Å². The van der Waals surface area contributed by atoms with Gasteiger partial charge in [-0.15, -0.1) is 0 Å². The van der Waals surface area contributed by atoms with E-state index in [2.05, 4.69) is 15.7 Å². The van der Waals surface area contributed by atoms with E-state index in [4.69, 9.17) is 0 Å². The normalized spacial score (nSPS) is 20.7. The van der Waals surface area contributed by atoms with E-state index in [9.17, 15) is 9.59 Å². The minimum atomic E-state index is -0.417. The van der Waals surface area contributed by atoms with Gasteiger partial charge in [-0.25, -0.2) is 0 Å². The zero-order valence-corrected chi connectivity index (χ0v) is 8.36. The number of aryl methyl sites for hydroxylation is 1. The van der Waals surface area contributed by atoms with Crippen molar-refractivity contribution in [1.82, 2.24) is 20.4 Å². The Labute approximate surface area is 86.6 Å². The van der Waals surface area contributed by atoms with Crippen molar-refractivity contribution < 1.29 is 9.59 Å². The van der Waals surface area contributed by atoms with E-state index in [1.165, 1.54) is 0 Å². The van der Waals surface area contributed by atoms with Crippen LogP contribution in [0.2, 0.25) is 0 Å². The van der Waals surface area contributed by atoms with Crippen LogP contribution < -0.4 is 10.6 Å². The third kappa shape index (κ3) is 2.21. The van der Waals surface area contributed by atoms with Gasteiger partial charge in [0.1, 0.15) is 0 Å². The van der Waals surface area contributed by atoms with Gasteiger partial charge in [-0.1, -0.05) is 0 Å². The Balaban J connectivity index is 1.88. The predicted molar refractivity (Wildman–Crippen MR) is 51.6 cm³/mol. The van der Waals surface area contributed by atoms with Gasteiger partial charge in [-0.2, -0.15) is 5.10 Å². The van der Waals surface area contributed by atoms with Gasteiger partial charge >= 0.3 is 0 Å². The van der Waals surface area contributed by atoms with E-state index < -0.39 is 6.04 Å². The van der Waals surface area contributed by atoms with Gasteiger partial charge in [-0.05, 0) is 6.07 Å². The van der Waals surface area contributed by atoms with Gasteiger partial charge in [-0.3, -0.25) is 24.9 Å². The Bertz CT molecular complexity index is 399. The second kappa shape index (κ2) is 3.82. The van der Waals surface area contributed by atoms with Crippen LogP contribution in [-0.2, 0) is 23.2 Å². The summed E-state index contributed by atoms with van der Waals surface area (Å²) in [4.78, 5) is 22.1. The highest BCUT2D eigenvalue weighted by molar-refractivity contribution is 6.05. The minimum Gasteiger partial charge on any atom is -0.300 e. The SMILES string of the molecule is Cn1ccc(CNC2CC(=O)NC2=O)n1. The Morgan fingerprint density at radius 1 is 1.67 bits per heavy atom. The highest BCUT2D eigenvalue weighted by Crippen LogP contribution is 2.02. The fourth-order valence-electron chi connectivity index (χ4n) is 1.50. The minimum absolute atomic E-state index is 0.214. The molecule has 2 amide bonds. The van der Waals surface area contributed by atoms with Gasteiger partial charge in [0.2, 0.25) is 11.8 Å². The molecule has 1 aromatic rings. The molecule has 1 atom stereocenters. The monoisotopic (exact) mass is 208 g/mol. The number of carbonyl (C=O) groups is 2. The Hall–Kier alpha value is -1.69. The highest BCUT2D eigenvalue weighted by atomic mass is 16.2. The molecule has 6 nitrogen and oxygen atoms in total. The van der Waals surface area contributed by atoms with E-state index in [-0.39, 0.29) is 18.2 Å². The fraction of sp³-hybridized carbons (Fsp3) is 0.444. The smallest absolute Gasteiger partial charge is 0.244 e. The number of imide groups is 1. The molecule has 2 heterocycles. The lowest BCUT2D eigenvalue weighted by atomic mass is 10.2. The van der Waals surface area contributed by atoms with Gasteiger partial charge in [0.15, 0.2) is 0 Å². The maximum Gasteiger partial charge on any atom is 0.244 e. The topological polar surface area (TPSA) is 76.0 Å². The van der Waals surface area contributed by atoms with Crippen LogP contribution in [0.5, 0.6) is 0 Å². The van der Waals surface area contributed by atoms with Crippen LogP contribution in [0, 0.1) is 0 Å². The molecule has 1 aliphatic heterocycles. The van der Waals surface area contributed by atoms with Crippen molar-refractivity contribution in [3.05, 3.63) is 18.0 Å². The molecule has 0 bridgehead atoms. The first-order valence-corrected chi connectivity index (χ1v) is 4.71. The summed E-state index contributed by atoms with van der Waals surface area (Å²) in [5, 5.41) is 9.38. The summed E-state index contributed by atoms with van der Waals surface area (Å²) in [5.74, 6) is -0.477. The molecule has 2 N–H and O–H groups in total. The first kappa shape index (κ1) is 9.85. The summed E-state index contributed by atoms with van der Waals surface area (Å²) < 4.78 is 1.69. The zero-order chi connectivity index (χ0) is 10.8. The van der Waals surface area contributed by atoms with Crippen molar-refractivity contribution in [3.63, 3.8) is 0 Å². The number of carbonyl (C=O) groups excluding carboxylic acids is 2. The molecular weight excluding hydrogens is 196 g/mol. The number of aromatic nitrogens is 2. The van der Waals surface area contributed by atoms with Crippen LogP contribution in [0.15, 0.2) is 12.3 Å². The first-order valence-electron chi connectivity index (χ1n) is 4.71. The van der Waals surface area contributed by atoms with E-state index in [1.807, 2.05) is 19.3 Å². The zero-order valence-electron chi connectivity index (χ0n) is 8.36. The molecule has 1 aromatic heterocycles. The third-order valence-electron chi connectivity index (χ3n) is 2.27. The molecule has 1 unspecified atom stereocenters. The molecule has 15 heavy (non-hydrogen) atoms. The molecule has 0 spiro atoms. The summed E-state index contributed by atoms with van der Waals surface area (Å²) in [7, 11) is 1.83. The quantitative estimate of drug-likeness (QED) is 0.620. The van der Waals surface area contributed by atoms with Gasteiger partial charge in [0, 0.05) is 19.8 Å². The molecule has 0 radical (unpaired) electrons. The molecule has 0 saturated carbocycles. The van der Waals surface area contributed by atoms with Crippen LogP contribution in [0.4, 0.5) is 0 Å².